The number of nitrogens with one attached hydrogen (secondary N) is 1. The fourth-order valence-electron chi connectivity index (χ4n) is 2.72. The molecule has 21 heavy (non-hydrogen) atoms. The molecule has 1 aliphatic heterocycles. The molecule has 5 heteroatoms. The zero-order valence-electron chi connectivity index (χ0n) is 12.8. The lowest BCUT2D eigenvalue weighted by Gasteiger charge is -2.35. The van der Waals surface area contributed by atoms with Crippen molar-refractivity contribution >= 4 is 5.91 Å². The van der Waals surface area contributed by atoms with Crippen LogP contribution in [0.5, 0.6) is 0 Å². The Labute approximate surface area is 126 Å². The first-order chi connectivity index (χ1) is 10.1. The Bertz CT molecular complexity index is 451. The maximum Gasteiger partial charge on any atom is 0.251 e. The molecule has 2 atom stereocenters. The third-order valence-electron chi connectivity index (χ3n) is 3.55. The number of rotatable bonds is 5. The number of benzene rings is 1. The highest BCUT2D eigenvalue weighted by molar-refractivity contribution is 5.94. The highest BCUT2D eigenvalue weighted by Crippen LogP contribution is 2.14. The summed E-state index contributed by atoms with van der Waals surface area (Å²) in [4.78, 5) is 14.2. The van der Waals surface area contributed by atoms with E-state index in [4.69, 9.17) is 10.5 Å². The highest BCUT2D eigenvalue weighted by Gasteiger charge is 2.21. The Morgan fingerprint density at radius 1 is 1.29 bits per heavy atom. The molecule has 0 spiro atoms. The average Bonchev–Trinajstić information content (AvgIpc) is 2.44. The summed E-state index contributed by atoms with van der Waals surface area (Å²) >= 11 is 0. The molecule has 1 aromatic carbocycles. The molecule has 2 rings (SSSR count). The van der Waals surface area contributed by atoms with Crippen molar-refractivity contribution in [1.29, 1.82) is 0 Å². The number of hydrogen-bond acceptors (Lipinski definition) is 4. The lowest BCUT2D eigenvalue weighted by atomic mass is 10.1. The van der Waals surface area contributed by atoms with Crippen LogP contribution in [0.4, 0.5) is 0 Å². The van der Waals surface area contributed by atoms with E-state index in [9.17, 15) is 4.79 Å². The van der Waals surface area contributed by atoms with E-state index in [1.54, 1.807) is 0 Å². The molecule has 0 aliphatic carbocycles. The van der Waals surface area contributed by atoms with Gasteiger partial charge in [0, 0.05) is 38.3 Å². The van der Waals surface area contributed by atoms with Crippen molar-refractivity contribution in [2.24, 2.45) is 5.73 Å². The molecular formula is C16H25N3O2. The van der Waals surface area contributed by atoms with Gasteiger partial charge in [0.05, 0.1) is 12.2 Å². The van der Waals surface area contributed by atoms with E-state index in [1.165, 1.54) is 5.56 Å². The van der Waals surface area contributed by atoms with E-state index in [0.29, 0.717) is 18.7 Å². The second kappa shape index (κ2) is 7.54. The van der Waals surface area contributed by atoms with Gasteiger partial charge in [-0.15, -0.1) is 0 Å². The van der Waals surface area contributed by atoms with Gasteiger partial charge in [0.1, 0.15) is 0 Å². The molecule has 1 amide bonds. The monoisotopic (exact) mass is 291 g/mol. The summed E-state index contributed by atoms with van der Waals surface area (Å²) in [6, 6.07) is 7.77. The maximum absolute atomic E-state index is 11.8. The minimum absolute atomic E-state index is 0.0689. The van der Waals surface area contributed by atoms with E-state index in [2.05, 4.69) is 24.1 Å². The van der Waals surface area contributed by atoms with Crippen molar-refractivity contribution in [2.75, 3.05) is 26.2 Å². The predicted octanol–water partition coefficient (Wildman–Crippen LogP) is 0.984. The van der Waals surface area contributed by atoms with Crippen LogP contribution in [0.2, 0.25) is 0 Å². The minimum atomic E-state index is -0.0689. The van der Waals surface area contributed by atoms with Crippen molar-refractivity contribution in [1.82, 2.24) is 10.2 Å². The molecule has 116 valence electrons. The van der Waals surface area contributed by atoms with E-state index in [0.717, 1.165) is 19.6 Å². The largest absolute Gasteiger partial charge is 0.373 e. The van der Waals surface area contributed by atoms with Gasteiger partial charge in [-0.1, -0.05) is 12.1 Å². The molecule has 1 fully saturated rings. The molecule has 3 N–H and O–H groups in total. The lowest BCUT2D eigenvalue weighted by molar-refractivity contribution is -0.0704. The number of carbonyl (C=O) groups is 1. The van der Waals surface area contributed by atoms with Gasteiger partial charge >= 0.3 is 0 Å². The average molecular weight is 291 g/mol. The summed E-state index contributed by atoms with van der Waals surface area (Å²) in [5, 5.41) is 2.77. The number of ether oxygens (including phenoxy) is 1. The minimum Gasteiger partial charge on any atom is -0.373 e. The van der Waals surface area contributed by atoms with E-state index in [-0.39, 0.29) is 18.1 Å². The van der Waals surface area contributed by atoms with Crippen LogP contribution in [-0.4, -0.2) is 49.2 Å². The van der Waals surface area contributed by atoms with Crippen LogP contribution in [-0.2, 0) is 11.3 Å². The van der Waals surface area contributed by atoms with Gasteiger partial charge in [0.25, 0.3) is 5.91 Å². The normalized spacial score (nSPS) is 23.0. The molecule has 1 saturated heterocycles. The van der Waals surface area contributed by atoms with E-state index in [1.807, 2.05) is 24.3 Å². The van der Waals surface area contributed by atoms with Gasteiger partial charge in [0.2, 0.25) is 0 Å². The molecule has 0 bridgehead atoms. The number of morpholine rings is 1. The van der Waals surface area contributed by atoms with Gasteiger partial charge in [-0.25, -0.2) is 0 Å². The molecule has 1 aliphatic rings. The Balaban J connectivity index is 1.91. The zero-order chi connectivity index (χ0) is 15.2. The molecule has 0 saturated carbocycles. The van der Waals surface area contributed by atoms with Crippen LogP contribution in [0.1, 0.15) is 29.8 Å². The van der Waals surface area contributed by atoms with E-state index < -0.39 is 0 Å². The van der Waals surface area contributed by atoms with Crippen LogP contribution >= 0.6 is 0 Å². The summed E-state index contributed by atoms with van der Waals surface area (Å²) in [5.74, 6) is -0.0689. The summed E-state index contributed by atoms with van der Waals surface area (Å²) < 4.78 is 5.74. The van der Waals surface area contributed by atoms with Gasteiger partial charge in [-0.2, -0.15) is 0 Å². The number of carbonyl (C=O) groups excluding carboxylic acids is 1. The summed E-state index contributed by atoms with van der Waals surface area (Å²) in [6.07, 6.45) is 0.546. The number of amides is 1. The van der Waals surface area contributed by atoms with Crippen LogP contribution in [0.25, 0.3) is 0 Å². The first-order valence-corrected chi connectivity index (χ1v) is 7.53. The van der Waals surface area contributed by atoms with Crippen molar-refractivity contribution < 1.29 is 9.53 Å². The standard InChI is InChI=1S/C16H25N3O2/c1-12-9-19(10-13(2)21-12)11-14-3-5-15(6-4-14)16(20)18-8-7-17/h3-6,12-13H,7-11,17H2,1-2H3,(H,18,20). The van der Waals surface area contributed by atoms with Crippen molar-refractivity contribution in [3.8, 4) is 0 Å². The maximum atomic E-state index is 11.8. The Morgan fingerprint density at radius 3 is 2.48 bits per heavy atom. The van der Waals surface area contributed by atoms with E-state index >= 15 is 0 Å². The second-order valence-electron chi connectivity index (χ2n) is 5.69. The van der Waals surface area contributed by atoms with Crippen LogP contribution in [0, 0.1) is 0 Å². The molecule has 1 aromatic rings. The third-order valence-corrected chi connectivity index (χ3v) is 3.55. The lowest BCUT2D eigenvalue weighted by Crippen LogP contribution is -2.44. The van der Waals surface area contributed by atoms with Crippen LogP contribution in [0.3, 0.4) is 0 Å². The first-order valence-electron chi connectivity index (χ1n) is 7.53. The zero-order valence-corrected chi connectivity index (χ0v) is 12.8. The van der Waals surface area contributed by atoms with Crippen molar-refractivity contribution in [2.45, 2.75) is 32.6 Å². The highest BCUT2D eigenvalue weighted by atomic mass is 16.5. The molecule has 0 aromatic heterocycles. The van der Waals surface area contributed by atoms with Crippen molar-refractivity contribution in [3.63, 3.8) is 0 Å². The molecule has 2 unspecified atom stereocenters. The second-order valence-corrected chi connectivity index (χ2v) is 5.69. The Kier molecular flexibility index (Phi) is 5.73. The molecular weight excluding hydrogens is 266 g/mol. The number of hydrogen-bond donors (Lipinski definition) is 2. The van der Waals surface area contributed by atoms with Crippen LogP contribution in [0.15, 0.2) is 24.3 Å². The number of nitrogens with zero attached hydrogens (tertiary/aromatic N) is 1. The summed E-state index contributed by atoms with van der Waals surface area (Å²) in [6.45, 7) is 7.96. The molecule has 1 heterocycles. The van der Waals surface area contributed by atoms with Gasteiger partial charge < -0.3 is 15.8 Å². The SMILES string of the molecule is CC1CN(Cc2ccc(C(=O)NCCN)cc2)CC(C)O1. The fraction of sp³-hybridized carbons (Fsp3) is 0.562. The predicted molar refractivity (Wildman–Crippen MR) is 83.1 cm³/mol. The first kappa shape index (κ1) is 15.9. The fourth-order valence-corrected chi connectivity index (χ4v) is 2.72. The Hall–Kier alpha value is -1.43. The van der Waals surface area contributed by atoms with Gasteiger partial charge in [-0.3, -0.25) is 9.69 Å². The van der Waals surface area contributed by atoms with Gasteiger partial charge in [-0.05, 0) is 31.5 Å². The summed E-state index contributed by atoms with van der Waals surface area (Å²) in [5.41, 5.74) is 7.27. The van der Waals surface area contributed by atoms with Gasteiger partial charge in [0.15, 0.2) is 0 Å². The summed E-state index contributed by atoms with van der Waals surface area (Å²) in [7, 11) is 0. The van der Waals surface area contributed by atoms with Crippen LogP contribution < -0.4 is 11.1 Å². The smallest absolute Gasteiger partial charge is 0.251 e. The third kappa shape index (κ3) is 4.81. The quantitative estimate of drug-likeness (QED) is 0.849. The Morgan fingerprint density at radius 2 is 1.90 bits per heavy atom. The number of nitrogens with two attached hydrogens (primary N) is 1. The molecule has 5 nitrogen and oxygen atoms in total. The molecule has 0 radical (unpaired) electrons. The topological polar surface area (TPSA) is 67.6 Å². The van der Waals surface area contributed by atoms with Crippen molar-refractivity contribution in [3.05, 3.63) is 35.4 Å².